The van der Waals surface area contributed by atoms with Crippen molar-refractivity contribution in [3.05, 3.63) is 41.3 Å². The minimum absolute atomic E-state index is 0.309. The molecule has 2 saturated heterocycles. The van der Waals surface area contributed by atoms with Crippen molar-refractivity contribution in [2.45, 2.75) is 44.4 Å². The van der Waals surface area contributed by atoms with Gasteiger partial charge in [0, 0.05) is 37.8 Å². The molecule has 3 fully saturated rings. The van der Waals surface area contributed by atoms with E-state index < -0.39 is 6.10 Å². The van der Waals surface area contributed by atoms with E-state index in [1.807, 2.05) is 18.5 Å². The predicted octanol–water partition coefficient (Wildman–Crippen LogP) is 3.74. The SMILES string of the molecule is Cc1c(Nc2cc3cc(N4CCN([C@]5(C)COC[C@@H]5O)CC4)c(Cl)cc3cn2)cnn1C1CC1. The van der Waals surface area contributed by atoms with Gasteiger partial charge in [-0.15, -0.1) is 0 Å². The van der Waals surface area contributed by atoms with Crippen molar-refractivity contribution in [1.29, 1.82) is 0 Å². The fourth-order valence-corrected chi connectivity index (χ4v) is 5.54. The van der Waals surface area contributed by atoms with Crippen molar-refractivity contribution in [1.82, 2.24) is 19.7 Å². The third-order valence-corrected chi connectivity index (χ3v) is 8.02. The highest BCUT2D eigenvalue weighted by Gasteiger charge is 2.44. The van der Waals surface area contributed by atoms with Gasteiger partial charge in [-0.3, -0.25) is 9.58 Å². The molecule has 1 aromatic carbocycles. The minimum atomic E-state index is -0.443. The Bertz CT molecular complexity index is 1220. The van der Waals surface area contributed by atoms with Gasteiger partial charge >= 0.3 is 0 Å². The van der Waals surface area contributed by atoms with Crippen LogP contribution in [0.1, 0.15) is 31.5 Å². The largest absolute Gasteiger partial charge is 0.389 e. The molecule has 0 radical (unpaired) electrons. The van der Waals surface area contributed by atoms with Crippen LogP contribution in [0.4, 0.5) is 17.2 Å². The first-order valence-electron chi connectivity index (χ1n) is 12.1. The van der Waals surface area contributed by atoms with Crippen LogP contribution in [0.3, 0.4) is 0 Å². The zero-order chi connectivity index (χ0) is 23.4. The summed E-state index contributed by atoms with van der Waals surface area (Å²) < 4.78 is 7.65. The lowest BCUT2D eigenvalue weighted by atomic mass is 9.95. The summed E-state index contributed by atoms with van der Waals surface area (Å²) >= 11 is 6.71. The second-order valence-electron chi connectivity index (χ2n) is 10.0. The van der Waals surface area contributed by atoms with Gasteiger partial charge in [-0.25, -0.2) is 4.98 Å². The number of halogens is 1. The van der Waals surface area contributed by atoms with Crippen LogP contribution in [0.25, 0.3) is 10.8 Å². The maximum atomic E-state index is 10.4. The van der Waals surface area contributed by atoms with E-state index in [4.69, 9.17) is 16.3 Å². The summed E-state index contributed by atoms with van der Waals surface area (Å²) in [6, 6.07) is 6.79. The number of aliphatic hydroxyl groups is 1. The first-order valence-corrected chi connectivity index (χ1v) is 12.5. The monoisotopic (exact) mass is 482 g/mol. The number of piperazine rings is 1. The highest BCUT2D eigenvalue weighted by atomic mass is 35.5. The highest BCUT2D eigenvalue weighted by molar-refractivity contribution is 6.34. The molecule has 6 rings (SSSR count). The van der Waals surface area contributed by atoms with Crippen LogP contribution in [0.2, 0.25) is 5.02 Å². The molecule has 34 heavy (non-hydrogen) atoms. The van der Waals surface area contributed by atoms with Crippen molar-refractivity contribution in [3.63, 3.8) is 0 Å². The minimum Gasteiger partial charge on any atom is -0.389 e. The topological polar surface area (TPSA) is 78.7 Å². The van der Waals surface area contributed by atoms with Gasteiger partial charge < -0.3 is 20.1 Å². The van der Waals surface area contributed by atoms with E-state index in [1.165, 1.54) is 12.8 Å². The van der Waals surface area contributed by atoms with Crippen LogP contribution in [-0.4, -0.2) is 75.8 Å². The lowest BCUT2D eigenvalue weighted by molar-refractivity contribution is 0.00884. The molecule has 180 valence electrons. The molecule has 4 heterocycles. The van der Waals surface area contributed by atoms with Crippen LogP contribution in [0.15, 0.2) is 30.6 Å². The van der Waals surface area contributed by atoms with Crippen molar-refractivity contribution in [3.8, 4) is 0 Å². The van der Waals surface area contributed by atoms with Crippen LogP contribution >= 0.6 is 11.6 Å². The van der Waals surface area contributed by atoms with Crippen molar-refractivity contribution >= 4 is 39.6 Å². The third kappa shape index (κ3) is 3.82. The lowest BCUT2D eigenvalue weighted by Crippen LogP contribution is -2.60. The van der Waals surface area contributed by atoms with E-state index >= 15 is 0 Å². The molecule has 0 amide bonds. The summed E-state index contributed by atoms with van der Waals surface area (Å²) in [5.74, 6) is 0.798. The van der Waals surface area contributed by atoms with Gasteiger partial charge in [-0.05, 0) is 50.3 Å². The zero-order valence-electron chi connectivity index (χ0n) is 19.7. The molecule has 2 atom stereocenters. The molecule has 0 unspecified atom stereocenters. The Morgan fingerprint density at radius 3 is 2.62 bits per heavy atom. The van der Waals surface area contributed by atoms with Crippen LogP contribution in [-0.2, 0) is 4.74 Å². The van der Waals surface area contributed by atoms with Crippen LogP contribution in [0, 0.1) is 6.92 Å². The summed E-state index contributed by atoms with van der Waals surface area (Å²) in [7, 11) is 0. The molecule has 9 heteroatoms. The fraction of sp³-hybridized carbons (Fsp3) is 0.520. The molecule has 1 aliphatic carbocycles. The lowest BCUT2D eigenvalue weighted by Gasteiger charge is -2.45. The smallest absolute Gasteiger partial charge is 0.131 e. The molecule has 8 nitrogen and oxygen atoms in total. The Balaban J connectivity index is 1.21. The van der Waals surface area contributed by atoms with Gasteiger partial charge in [-0.2, -0.15) is 5.10 Å². The molecular formula is C25H31ClN6O2. The standard InChI is InChI=1S/C25H31ClN6O2/c1-16-21(13-28-32(16)19-3-4-19)29-24-11-17-10-22(20(26)9-18(17)12-27-24)30-5-7-31(8-6-30)25(2)15-34-14-23(25)33/h9-13,19,23,33H,3-8,14-15H2,1-2H3,(H,27,29)/t23-,25+/m0/s1. The number of nitrogens with one attached hydrogen (secondary N) is 1. The molecule has 3 aromatic rings. The highest BCUT2D eigenvalue weighted by Crippen LogP contribution is 2.37. The molecule has 3 aliphatic rings. The summed E-state index contributed by atoms with van der Waals surface area (Å²) in [4.78, 5) is 9.29. The molecule has 2 aliphatic heterocycles. The summed E-state index contributed by atoms with van der Waals surface area (Å²) in [5, 5.41) is 21.2. The van der Waals surface area contributed by atoms with Gasteiger partial charge in [0.1, 0.15) is 5.82 Å². The molecule has 1 saturated carbocycles. The maximum Gasteiger partial charge on any atom is 0.131 e. The number of anilines is 3. The zero-order valence-corrected chi connectivity index (χ0v) is 20.4. The van der Waals surface area contributed by atoms with Gasteiger partial charge in [0.25, 0.3) is 0 Å². The molecular weight excluding hydrogens is 452 g/mol. The Morgan fingerprint density at radius 2 is 1.91 bits per heavy atom. The van der Waals surface area contributed by atoms with Crippen molar-refractivity contribution in [2.24, 2.45) is 0 Å². The van der Waals surface area contributed by atoms with Crippen LogP contribution < -0.4 is 10.2 Å². The first kappa shape index (κ1) is 22.1. The summed E-state index contributed by atoms with van der Waals surface area (Å²) in [6.07, 6.45) is 5.73. The first-order chi connectivity index (χ1) is 16.4. The Morgan fingerprint density at radius 1 is 1.12 bits per heavy atom. The van der Waals surface area contributed by atoms with Crippen LogP contribution in [0.5, 0.6) is 0 Å². The van der Waals surface area contributed by atoms with Gasteiger partial charge in [0.15, 0.2) is 0 Å². The second kappa shape index (κ2) is 8.37. The Hall–Kier alpha value is -2.39. The molecule has 0 spiro atoms. The predicted molar refractivity (Wildman–Crippen MR) is 134 cm³/mol. The van der Waals surface area contributed by atoms with Crippen molar-refractivity contribution < 1.29 is 9.84 Å². The Kier molecular flexibility index (Phi) is 5.44. The number of rotatable bonds is 5. The number of aromatic nitrogens is 3. The maximum absolute atomic E-state index is 10.4. The number of hydrogen-bond acceptors (Lipinski definition) is 7. The Labute approximate surface area is 204 Å². The van der Waals surface area contributed by atoms with E-state index in [0.29, 0.717) is 19.3 Å². The number of ether oxygens (including phenoxy) is 1. The fourth-order valence-electron chi connectivity index (χ4n) is 5.25. The van der Waals surface area contributed by atoms with E-state index in [-0.39, 0.29) is 5.54 Å². The van der Waals surface area contributed by atoms with Gasteiger partial charge in [0.05, 0.1) is 59.2 Å². The third-order valence-electron chi connectivity index (χ3n) is 7.72. The quantitative estimate of drug-likeness (QED) is 0.573. The number of nitrogens with zero attached hydrogens (tertiary/aromatic N) is 5. The average Bonchev–Trinajstić information content (AvgIpc) is 3.54. The number of aliphatic hydroxyl groups excluding tert-OH is 1. The molecule has 2 aromatic heterocycles. The second-order valence-corrected chi connectivity index (χ2v) is 10.4. The van der Waals surface area contributed by atoms with E-state index in [0.717, 1.165) is 64.9 Å². The number of hydrogen-bond donors (Lipinski definition) is 2. The molecule has 2 N–H and O–H groups in total. The van der Waals surface area contributed by atoms with E-state index in [9.17, 15) is 5.11 Å². The van der Waals surface area contributed by atoms with E-state index in [2.05, 4.69) is 55.9 Å². The van der Waals surface area contributed by atoms with Gasteiger partial charge in [-0.1, -0.05) is 11.6 Å². The normalized spacial score (nSPS) is 25.9. The number of benzene rings is 1. The van der Waals surface area contributed by atoms with Crippen molar-refractivity contribution in [2.75, 3.05) is 49.6 Å². The number of pyridine rings is 1. The van der Waals surface area contributed by atoms with Gasteiger partial charge in [0.2, 0.25) is 0 Å². The number of fused-ring (bicyclic) bond motifs is 1. The summed E-state index contributed by atoms with van der Waals surface area (Å²) in [5.41, 5.74) is 2.87. The van der Waals surface area contributed by atoms with E-state index in [1.54, 1.807) is 0 Å². The average molecular weight is 483 g/mol. The summed E-state index contributed by atoms with van der Waals surface area (Å²) in [6.45, 7) is 8.61. The molecule has 0 bridgehead atoms.